The van der Waals surface area contributed by atoms with E-state index in [2.05, 4.69) is 15.3 Å². The predicted octanol–water partition coefficient (Wildman–Crippen LogP) is -1.28. The number of carbonyl (C=O) groups is 1. The third kappa shape index (κ3) is 3.19. The summed E-state index contributed by atoms with van der Waals surface area (Å²) in [7, 11) is 4.55. The van der Waals surface area contributed by atoms with Crippen LogP contribution in [0.4, 0.5) is 0 Å². The Hall–Kier alpha value is -3.54. The van der Waals surface area contributed by atoms with Gasteiger partial charge in [-0.2, -0.15) is 0 Å². The van der Waals surface area contributed by atoms with Gasteiger partial charge in [0.05, 0.1) is 19.7 Å². The third-order valence-electron chi connectivity index (χ3n) is 5.53. The van der Waals surface area contributed by atoms with Crippen LogP contribution in [0.5, 0.6) is 0 Å². The van der Waals surface area contributed by atoms with Gasteiger partial charge >= 0.3 is 5.69 Å². The van der Waals surface area contributed by atoms with Gasteiger partial charge in [0.1, 0.15) is 22.9 Å². The van der Waals surface area contributed by atoms with Gasteiger partial charge in [-0.25, -0.2) is 14.8 Å². The van der Waals surface area contributed by atoms with Crippen molar-refractivity contribution in [1.82, 2.24) is 33.6 Å². The summed E-state index contributed by atoms with van der Waals surface area (Å²) in [4.78, 5) is 58.5. The molecule has 0 radical (unpaired) electrons. The van der Waals surface area contributed by atoms with Crippen molar-refractivity contribution in [3.63, 3.8) is 0 Å². The molecule has 3 aromatic heterocycles. The molecule has 12 nitrogen and oxygen atoms in total. The number of aryl methyl sites for hydroxylation is 2. The van der Waals surface area contributed by atoms with E-state index in [1.54, 1.807) is 20.9 Å². The average Bonchev–Trinajstić information content (AvgIpc) is 3.05. The van der Waals surface area contributed by atoms with Crippen molar-refractivity contribution in [3.8, 4) is 0 Å². The zero-order valence-corrected chi connectivity index (χ0v) is 17.9. The molecule has 4 rings (SSSR count). The van der Waals surface area contributed by atoms with E-state index in [9.17, 15) is 19.2 Å². The van der Waals surface area contributed by atoms with E-state index in [-0.39, 0.29) is 29.0 Å². The number of ether oxygens (including phenoxy) is 1. The second-order valence-corrected chi connectivity index (χ2v) is 7.96. The Morgan fingerprint density at radius 3 is 2.55 bits per heavy atom. The molecule has 1 aliphatic rings. The number of hydrogen-bond donors (Lipinski definition) is 1. The van der Waals surface area contributed by atoms with E-state index in [4.69, 9.17) is 4.74 Å². The minimum Gasteiger partial charge on any atom is -0.366 e. The molecule has 3 aromatic rings. The smallest absolute Gasteiger partial charge is 0.332 e. The number of amides is 1. The summed E-state index contributed by atoms with van der Waals surface area (Å²) in [6.07, 6.45) is 0. The fourth-order valence-electron chi connectivity index (χ4n) is 3.73. The summed E-state index contributed by atoms with van der Waals surface area (Å²) >= 11 is 0. The Balaban J connectivity index is 1.66. The maximum atomic E-state index is 12.7. The summed E-state index contributed by atoms with van der Waals surface area (Å²) in [5.74, 6) is 0.202. The fraction of sp³-hybridized carbons (Fsp3) is 0.474. The van der Waals surface area contributed by atoms with E-state index in [1.807, 2.05) is 0 Å². The number of aromatic nitrogens is 6. The average molecular weight is 429 g/mol. The van der Waals surface area contributed by atoms with Crippen molar-refractivity contribution >= 4 is 17.1 Å². The minimum absolute atomic E-state index is 0.0264. The van der Waals surface area contributed by atoms with Gasteiger partial charge in [-0.15, -0.1) is 0 Å². The number of hydrogen-bond acceptors (Lipinski definition) is 7. The minimum atomic E-state index is -0.796. The van der Waals surface area contributed by atoms with Crippen molar-refractivity contribution in [1.29, 1.82) is 0 Å². The summed E-state index contributed by atoms with van der Waals surface area (Å²) in [6.45, 7) is 4.32. The highest BCUT2D eigenvalue weighted by Crippen LogP contribution is 2.25. The molecule has 164 valence electrons. The summed E-state index contributed by atoms with van der Waals surface area (Å²) in [5.41, 5.74) is -1.64. The molecule has 31 heavy (non-hydrogen) atoms. The lowest BCUT2D eigenvalue weighted by molar-refractivity contribution is -0.0564. The second kappa shape index (κ2) is 7.01. The number of rotatable bonds is 3. The number of nitrogens with zero attached hydrogens (tertiary/aromatic N) is 6. The Kier molecular flexibility index (Phi) is 4.69. The van der Waals surface area contributed by atoms with Crippen LogP contribution in [0.1, 0.15) is 36.0 Å². The molecule has 0 aliphatic carbocycles. The first-order valence-corrected chi connectivity index (χ1v) is 9.68. The van der Waals surface area contributed by atoms with E-state index >= 15 is 0 Å². The fourth-order valence-corrected chi connectivity index (χ4v) is 3.73. The van der Waals surface area contributed by atoms with Crippen molar-refractivity contribution in [2.75, 3.05) is 6.61 Å². The highest BCUT2D eigenvalue weighted by Gasteiger charge is 2.32. The van der Waals surface area contributed by atoms with Crippen LogP contribution in [-0.4, -0.2) is 40.8 Å². The van der Waals surface area contributed by atoms with Crippen molar-refractivity contribution in [2.45, 2.75) is 32.5 Å². The number of imidazole rings is 1. The first-order chi connectivity index (χ1) is 14.5. The number of fused-ring (bicyclic) bond motifs is 2. The molecule has 1 N–H and O–H groups in total. The van der Waals surface area contributed by atoms with Crippen LogP contribution < -0.4 is 22.1 Å². The maximum absolute atomic E-state index is 12.7. The molecule has 0 fully saturated rings. The summed E-state index contributed by atoms with van der Waals surface area (Å²) < 4.78 is 11.0. The predicted molar refractivity (Wildman–Crippen MR) is 110 cm³/mol. The van der Waals surface area contributed by atoms with Gasteiger partial charge in [0.25, 0.3) is 17.0 Å². The quantitative estimate of drug-likeness (QED) is 0.548. The molecule has 0 unspecified atom stereocenters. The molecule has 0 bridgehead atoms. The van der Waals surface area contributed by atoms with Gasteiger partial charge in [-0.1, -0.05) is 0 Å². The second-order valence-electron chi connectivity index (χ2n) is 7.96. The summed E-state index contributed by atoms with van der Waals surface area (Å²) in [6, 6.07) is 1.19. The van der Waals surface area contributed by atoms with Gasteiger partial charge in [-0.3, -0.25) is 28.1 Å². The lowest BCUT2D eigenvalue weighted by Gasteiger charge is -2.32. The molecule has 0 saturated carbocycles. The molecule has 4 heterocycles. The topological polar surface area (TPSA) is 135 Å². The van der Waals surface area contributed by atoms with Crippen molar-refractivity contribution in [3.05, 3.63) is 54.6 Å². The van der Waals surface area contributed by atoms with Crippen LogP contribution >= 0.6 is 0 Å². The normalized spacial score (nSPS) is 15.1. The van der Waals surface area contributed by atoms with E-state index in [1.165, 1.54) is 33.9 Å². The molecule has 1 aliphatic heterocycles. The molecule has 12 heteroatoms. The van der Waals surface area contributed by atoms with Crippen LogP contribution in [0.2, 0.25) is 0 Å². The van der Waals surface area contributed by atoms with E-state index in [0.717, 1.165) is 4.57 Å². The van der Waals surface area contributed by atoms with Crippen molar-refractivity contribution in [2.24, 2.45) is 21.1 Å². The zero-order chi connectivity index (χ0) is 22.7. The Bertz CT molecular complexity index is 1410. The van der Waals surface area contributed by atoms with Gasteiger partial charge in [0.15, 0.2) is 11.2 Å². The number of nitrogens with one attached hydrogen (secondary N) is 1. The lowest BCUT2D eigenvalue weighted by Crippen LogP contribution is -2.42. The van der Waals surface area contributed by atoms with Crippen LogP contribution in [0.3, 0.4) is 0 Å². The Labute approximate surface area is 175 Å². The van der Waals surface area contributed by atoms with Gasteiger partial charge < -0.3 is 14.6 Å². The molecule has 0 aromatic carbocycles. The molecular formula is C19H23N7O5. The Morgan fingerprint density at radius 2 is 1.84 bits per heavy atom. The Morgan fingerprint density at radius 1 is 1.13 bits per heavy atom. The van der Waals surface area contributed by atoms with Crippen LogP contribution in [0.15, 0.2) is 20.4 Å². The molecule has 1 amide bonds. The first-order valence-electron chi connectivity index (χ1n) is 9.68. The van der Waals surface area contributed by atoms with Crippen LogP contribution in [0.25, 0.3) is 11.2 Å². The zero-order valence-electron chi connectivity index (χ0n) is 17.9. The molecular weight excluding hydrogens is 406 g/mol. The summed E-state index contributed by atoms with van der Waals surface area (Å²) in [5, 5.41) is 2.68. The maximum Gasteiger partial charge on any atom is 0.332 e. The highest BCUT2D eigenvalue weighted by atomic mass is 16.5. The highest BCUT2D eigenvalue weighted by molar-refractivity contribution is 5.92. The monoisotopic (exact) mass is 429 g/mol. The van der Waals surface area contributed by atoms with Crippen LogP contribution in [-0.2, 0) is 44.6 Å². The van der Waals surface area contributed by atoms with Gasteiger partial charge in [-0.05, 0) is 13.8 Å². The third-order valence-corrected chi connectivity index (χ3v) is 5.53. The standard InChI is InChI=1S/C19H23N7O5/c1-19(2)17-21-10(8-12(27)26(17)6-7-31-19)15(28)20-9-11-22-14-13(23(11)3)16(29)25(5)18(30)24(14)4/h8H,6-7,9H2,1-5H3,(H,20,28). The molecule has 0 atom stereocenters. The first kappa shape index (κ1) is 20.7. The van der Waals surface area contributed by atoms with Crippen molar-refractivity contribution < 1.29 is 9.53 Å². The molecule has 0 saturated heterocycles. The van der Waals surface area contributed by atoms with Gasteiger partial charge in [0.2, 0.25) is 0 Å². The largest absolute Gasteiger partial charge is 0.366 e. The van der Waals surface area contributed by atoms with Crippen LogP contribution in [0, 0.1) is 0 Å². The lowest BCUT2D eigenvalue weighted by atomic mass is 10.1. The van der Waals surface area contributed by atoms with E-state index < -0.39 is 22.8 Å². The SMILES string of the molecule is Cn1c(=O)c2c(nc(CNC(=O)c3cc(=O)n4c(n3)C(C)(C)OCC4)n2C)n(C)c1=O. The van der Waals surface area contributed by atoms with E-state index in [0.29, 0.717) is 24.8 Å². The van der Waals surface area contributed by atoms with Gasteiger partial charge in [0, 0.05) is 27.2 Å². The molecule has 0 spiro atoms. The number of carbonyl (C=O) groups excluding carboxylic acids is 1.